The van der Waals surface area contributed by atoms with Gasteiger partial charge in [-0.05, 0) is 24.3 Å². The molecule has 132 valence electrons. The van der Waals surface area contributed by atoms with Crippen LogP contribution in [0.3, 0.4) is 0 Å². The van der Waals surface area contributed by atoms with Crippen LogP contribution >= 0.6 is 23.4 Å². The van der Waals surface area contributed by atoms with E-state index in [4.69, 9.17) is 23.4 Å². The number of carbonyl (C=O) groups is 2. The van der Waals surface area contributed by atoms with Crippen LogP contribution in [0.5, 0.6) is 0 Å². The minimum atomic E-state index is -0.553. The molecule has 0 unspecified atom stereocenters. The lowest BCUT2D eigenvalue weighted by Gasteiger charge is -2.03. The number of rotatable bonds is 2. The molecule has 0 radical (unpaired) electrons. The van der Waals surface area contributed by atoms with Crippen molar-refractivity contribution in [2.75, 3.05) is 0 Å². The van der Waals surface area contributed by atoms with Crippen LogP contribution in [0.25, 0.3) is 33.0 Å². The van der Waals surface area contributed by atoms with E-state index in [0.29, 0.717) is 20.6 Å². The normalized spacial score (nSPS) is 15.0. The highest BCUT2D eigenvalue weighted by Gasteiger charge is 2.40. The van der Waals surface area contributed by atoms with Crippen molar-refractivity contribution in [2.45, 2.75) is 0 Å². The zero-order valence-electron chi connectivity index (χ0n) is 13.7. The third kappa shape index (κ3) is 2.25. The Kier molecular flexibility index (Phi) is 3.44. The smallest absolute Gasteiger partial charge is 0.277 e. The number of imide groups is 1. The lowest BCUT2D eigenvalue weighted by Crippen LogP contribution is -2.20. The predicted molar refractivity (Wildman–Crippen MR) is 106 cm³/mol. The summed E-state index contributed by atoms with van der Waals surface area (Å²) in [6, 6.07) is 12.9. The Labute approximate surface area is 163 Å². The number of carbonyl (C=O) groups excluding carboxylic acids is 2. The van der Waals surface area contributed by atoms with Gasteiger partial charge in [0.1, 0.15) is 0 Å². The van der Waals surface area contributed by atoms with Crippen molar-refractivity contribution in [1.29, 1.82) is 0 Å². The van der Waals surface area contributed by atoms with E-state index >= 15 is 0 Å². The number of benzene rings is 2. The Bertz CT molecular complexity index is 1300. The molecule has 1 aliphatic heterocycles. The van der Waals surface area contributed by atoms with E-state index in [1.807, 2.05) is 30.3 Å². The molecule has 0 fully saturated rings. The van der Waals surface area contributed by atoms with Gasteiger partial charge < -0.3 is 9.97 Å². The summed E-state index contributed by atoms with van der Waals surface area (Å²) < 4.78 is 0.635. The minimum Gasteiger partial charge on any atom is -0.361 e. The van der Waals surface area contributed by atoms with Gasteiger partial charge in [0.15, 0.2) is 0 Å². The molecule has 3 heterocycles. The Morgan fingerprint density at radius 2 is 1.37 bits per heavy atom. The number of hydrogen-bond donors (Lipinski definition) is 2. The molecule has 0 saturated heterocycles. The van der Waals surface area contributed by atoms with E-state index in [1.54, 1.807) is 24.5 Å². The molecule has 0 bridgehead atoms. The number of para-hydroxylation sites is 1. The van der Waals surface area contributed by atoms with E-state index < -0.39 is 11.8 Å². The van der Waals surface area contributed by atoms with Gasteiger partial charge in [-0.2, -0.15) is 4.42 Å². The van der Waals surface area contributed by atoms with E-state index in [-0.39, 0.29) is 11.1 Å². The lowest BCUT2D eigenvalue weighted by atomic mass is 9.95. The summed E-state index contributed by atoms with van der Waals surface area (Å²) in [4.78, 5) is 31.9. The van der Waals surface area contributed by atoms with Crippen LogP contribution in [-0.4, -0.2) is 26.2 Å². The highest BCUT2D eigenvalue weighted by molar-refractivity contribution is 6.57. The SMILES string of the molecule is O=C1C(c2c[nH]c3ccccc23)=C(c2c[nH]c3ccc(Cl)cc23)C(=O)N1Cl. The Morgan fingerprint density at radius 3 is 2.07 bits per heavy atom. The zero-order valence-corrected chi connectivity index (χ0v) is 15.2. The maximum Gasteiger partial charge on any atom is 0.277 e. The maximum absolute atomic E-state index is 12.8. The first-order chi connectivity index (χ1) is 13.1. The van der Waals surface area contributed by atoms with E-state index in [9.17, 15) is 9.59 Å². The number of aromatic amines is 2. The van der Waals surface area contributed by atoms with Gasteiger partial charge in [0.25, 0.3) is 11.8 Å². The van der Waals surface area contributed by atoms with Crippen LogP contribution in [0.4, 0.5) is 0 Å². The number of halogens is 2. The summed E-state index contributed by atoms with van der Waals surface area (Å²) in [5.41, 5.74) is 3.44. The molecule has 0 spiro atoms. The third-order valence-corrected chi connectivity index (χ3v) is 5.35. The second-order valence-corrected chi connectivity index (χ2v) is 7.06. The summed E-state index contributed by atoms with van der Waals surface area (Å²) in [6.07, 6.45) is 3.43. The van der Waals surface area contributed by atoms with Crippen molar-refractivity contribution in [3.8, 4) is 0 Å². The predicted octanol–water partition coefficient (Wildman–Crippen LogP) is 4.74. The largest absolute Gasteiger partial charge is 0.361 e. The Morgan fingerprint density at radius 1 is 0.778 bits per heavy atom. The zero-order chi connectivity index (χ0) is 18.7. The first-order valence-corrected chi connectivity index (χ1v) is 8.90. The molecule has 0 saturated carbocycles. The molecule has 27 heavy (non-hydrogen) atoms. The fourth-order valence-corrected chi connectivity index (χ4v) is 3.92. The number of aromatic nitrogens is 2. The van der Waals surface area contributed by atoms with Crippen molar-refractivity contribution >= 4 is 68.1 Å². The summed E-state index contributed by atoms with van der Waals surface area (Å²) >= 11 is 12.2. The van der Waals surface area contributed by atoms with Crippen LogP contribution in [0.1, 0.15) is 11.1 Å². The molecule has 2 amide bonds. The molecule has 4 aromatic rings. The van der Waals surface area contributed by atoms with Crippen molar-refractivity contribution in [3.63, 3.8) is 0 Å². The first kappa shape index (κ1) is 16.2. The van der Waals surface area contributed by atoms with Gasteiger partial charge in [-0.25, -0.2) is 0 Å². The Hall–Kier alpha value is -3.02. The number of fused-ring (bicyclic) bond motifs is 2. The molecule has 5 nitrogen and oxygen atoms in total. The number of H-pyrrole nitrogens is 2. The maximum atomic E-state index is 12.8. The van der Waals surface area contributed by atoms with Gasteiger partial charge in [-0.3, -0.25) is 9.59 Å². The fraction of sp³-hybridized carbons (Fsp3) is 0. The molecular formula is C20H11Cl2N3O2. The lowest BCUT2D eigenvalue weighted by molar-refractivity contribution is -0.130. The van der Waals surface area contributed by atoms with E-state index in [0.717, 1.165) is 21.8 Å². The quantitative estimate of drug-likeness (QED) is 0.380. The van der Waals surface area contributed by atoms with Crippen LogP contribution < -0.4 is 0 Å². The highest BCUT2D eigenvalue weighted by atomic mass is 35.5. The summed E-state index contributed by atoms with van der Waals surface area (Å²) in [5.74, 6) is -1.10. The average Bonchev–Trinajstić information content (AvgIpc) is 3.33. The van der Waals surface area contributed by atoms with Gasteiger partial charge in [0.2, 0.25) is 0 Å². The van der Waals surface area contributed by atoms with Gasteiger partial charge in [-0.1, -0.05) is 29.8 Å². The molecule has 5 rings (SSSR count). The molecule has 2 aromatic carbocycles. The molecule has 7 heteroatoms. The highest BCUT2D eigenvalue weighted by Crippen LogP contribution is 2.41. The summed E-state index contributed by atoms with van der Waals surface area (Å²) in [5, 5.41) is 2.14. The molecule has 0 atom stereocenters. The van der Waals surface area contributed by atoms with Crippen LogP contribution in [-0.2, 0) is 9.59 Å². The van der Waals surface area contributed by atoms with Gasteiger partial charge >= 0.3 is 0 Å². The van der Waals surface area contributed by atoms with E-state index in [1.165, 1.54) is 0 Å². The number of hydrogen-bond acceptors (Lipinski definition) is 2. The third-order valence-electron chi connectivity index (χ3n) is 4.81. The second kappa shape index (κ2) is 5.74. The van der Waals surface area contributed by atoms with Crippen LogP contribution in [0.15, 0.2) is 54.9 Å². The minimum absolute atomic E-state index is 0.258. The monoisotopic (exact) mass is 395 g/mol. The number of amides is 2. The molecule has 2 aromatic heterocycles. The fourth-order valence-electron chi connectivity index (χ4n) is 3.58. The number of nitrogens with zero attached hydrogens (tertiary/aromatic N) is 1. The number of nitrogens with one attached hydrogen (secondary N) is 2. The van der Waals surface area contributed by atoms with Gasteiger partial charge in [0, 0.05) is 62.1 Å². The van der Waals surface area contributed by atoms with Crippen molar-refractivity contribution < 1.29 is 9.59 Å². The Balaban J connectivity index is 1.86. The first-order valence-electron chi connectivity index (χ1n) is 8.18. The average molecular weight is 396 g/mol. The second-order valence-electron chi connectivity index (χ2n) is 6.28. The van der Waals surface area contributed by atoms with Crippen LogP contribution in [0.2, 0.25) is 5.02 Å². The molecule has 1 aliphatic rings. The summed E-state index contributed by atoms with van der Waals surface area (Å²) in [6.45, 7) is 0. The van der Waals surface area contributed by atoms with Crippen molar-refractivity contribution in [3.05, 3.63) is 71.0 Å². The van der Waals surface area contributed by atoms with Crippen LogP contribution in [0, 0.1) is 0 Å². The standard InChI is InChI=1S/C20H11Cl2N3O2/c21-10-5-6-16-12(7-10)14(9-24-16)18-17(19(26)25(22)20(18)27)13-8-23-15-4-2-1-3-11(13)15/h1-9,23-24H. The van der Waals surface area contributed by atoms with Gasteiger partial charge in [0.05, 0.1) is 11.1 Å². The van der Waals surface area contributed by atoms with Crippen molar-refractivity contribution in [1.82, 2.24) is 14.4 Å². The van der Waals surface area contributed by atoms with Gasteiger partial charge in [-0.15, -0.1) is 0 Å². The summed E-state index contributed by atoms with van der Waals surface area (Å²) in [7, 11) is 0. The topological polar surface area (TPSA) is 69.0 Å². The van der Waals surface area contributed by atoms with Crippen molar-refractivity contribution in [2.24, 2.45) is 0 Å². The van der Waals surface area contributed by atoms with E-state index in [2.05, 4.69) is 9.97 Å². The molecule has 2 N–H and O–H groups in total. The molecule has 0 aliphatic carbocycles. The molecular weight excluding hydrogens is 385 g/mol.